The topological polar surface area (TPSA) is 45.2 Å². The van der Waals surface area contributed by atoms with Gasteiger partial charge in [-0.1, -0.05) is 0 Å². The molecule has 0 bridgehead atoms. The Kier molecular flexibility index (Phi) is 3.44. The van der Waals surface area contributed by atoms with Crippen LogP contribution in [0.25, 0.3) is 0 Å². The van der Waals surface area contributed by atoms with E-state index in [0.717, 1.165) is 32.9 Å². The van der Waals surface area contributed by atoms with E-state index in [1.165, 1.54) is 11.3 Å². The van der Waals surface area contributed by atoms with Crippen molar-refractivity contribution in [1.29, 1.82) is 0 Å². The summed E-state index contributed by atoms with van der Waals surface area (Å²) in [6.45, 7) is 0.942. The van der Waals surface area contributed by atoms with Crippen LogP contribution in [-0.4, -0.2) is 30.2 Å². The first-order valence-electron chi connectivity index (χ1n) is 5.97. The molecule has 19 heavy (non-hydrogen) atoms. The van der Waals surface area contributed by atoms with E-state index in [0.29, 0.717) is 0 Å². The molecule has 1 aliphatic rings. The number of nitrogens with one attached hydrogen (secondary N) is 1. The molecule has 1 aliphatic heterocycles. The average Bonchev–Trinajstić information content (AvgIpc) is 2.95. The summed E-state index contributed by atoms with van der Waals surface area (Å²) >= 11 is 3.29. The number of anilines is 2. The van der Waals surface area contributed by atoms with E-state index in [-0.39, 0.29) is 5.91 Å². The van der Waals surface area contributed by atoms with Crippen LogP contribution in [-0.2, 0) is 0 Å². The lowest BCUT2D eigenvalue weighted by atomic mass is 10.3. The van der Waals surface area contributed by atoms with Crippen molar-refractivity contribution in [3.63, 3.8) is 0 Å². The number of carbonyl (C=O) groups excluding carboxylic acids is 1. The Morgan fingerprint density at radius 1 is 1.42 bits per heavy atom. The molecule has 0 saturated carbocycles. The lowest BCUT2D eigenvalue weighted by Gasteiger charge is -2.28. The highest BCUT2D eigenvalue weighted by Crippen LogP contribution is 2.39. The number of rotatable bonds is 2. The Balaban J connectivity index is 1.95. The molecular weight excluding hydrogens is 278 g/mol. The van der Waals surface area contributed by atoms with Gasteiger partial charge in [0.05, 0.1) is 15.6 Å². The minimum absolute atomic E-state index is 0.0333. The van der Waals surface area contributed by atoms with Gasteiger partial charge in [0.2, 0.25) is 0 Å². The summed E-state index contributed by atoms with van der Waals surface area (Å²) in [6.07, 6.45) is 1.82. The zero-order valence-electron chi connectivity index (χ0n) is 10.4. The number of amides is 1. The summed E-state index contributed by atoms with van der Waals surface area (Å²) in [5.41, 5.74) is 1.13. The summed E-state index contributed by atoms with van der Waals surface area (Å²) in [6, 6.07) is 7.90. The summed E-state index contributed by atoms with van der Waals surface area (Å²) in [7, 11) is 1.65. The van der Waals surface area contributed by atoms with Gasteiger partial charge in [0.1, 0.15) is 5.03 Å². The minimum Gasteiger partial charge on any atom is -0.354 e. The third-order valence-electron chi connectivity index (χ3n) is 2.90. The van der Waals surface area contributed by atoms with E-state index in [4.69, 9.17) is 0 Å². The van der Waals surface area contributed by atoms with Crippen LogP contribution in [0.5, 0.6) is 0 Å². The summed E-state index contributed by atoms with van der Waals surface area (Å²) in [4.78, 5) is 19.0. The van der Waals surface area contributed by atoms with Crippen molar-refractivity contribution < 1.29 is 4.79 Å². The van der Waals surface area contributed by atoms with Gasteiger partial charge in [-0.05, 0) is 24.3 Å². The van der Waals surface area contributed by atoms with E-state index in [1.807, 2.05) is 24.4 Å². The molecule has 0 fully saturated rings. The van der Waals surface area contributed by atoms with Gasteiger partial charge in [-0.15, -0.1) is 23.1 Å². The molecule has 4 nitrogen and oxygen atoms in total. The predicted molar refractivity (Wildman–Crippen MR) is 79.7 cm³/mol. The second kappa shape index (κ2) is 5.22. The van der Waals surface area contributed by atoms with Crippen LogP contribution in [0.3, 0.4) is 0 Å². The van der Waals surface area contributed by atoms with Crippen LogP contribution >= 0.6 is 23.1 Å². The van der Waals surface area contributed by atoms with Crippen LogP contribution in [0, 0.1) is 0 Å². The number of carbonyl (C=O) groups is 1. The van der Waals surface area contributed by atoms with Gasteiger partial charge >= 0.3 is 0 Å². The quantitative estimate of drug-likeness (QED) is 0.924. The normalized spacial score (nSPS) is 14.1. The molecule has 0 aliphatic carbocycles. The molecule has 2 aromatic heterocycles. The van der Waals surface area contributed by atoms with E-state index in [9.17, 15) is 4.79 Å². The highest BCUT2D eigenvalue weighted by atomic mass is 32.2. The highest BCUT2D eigenvalue weighted by molar-refractivity contribution is 7.99. The monoisotopic (exact) mass is 291 g/mol. The SMILES string of the molecule is CNC(=O)c1ccc(N2CCSc3ncccc32)s1. The smallest absolute Gasteiger partial charge is 0.261 e. The predicted octanol–water partition coefficient (Wildman–Crippen LogP) is 2.75. The number of nitrogens with zero attached hydrogens (tertiary/aromatic N) is 2. The van der Waals surface area contributed by atoms with Crippen LogP contribution in [0.15, 0.2) is 35.5 Å². The van der Waals surface area contributed by atoms with Gasteiger partial charge in [-0.2, -0.15) is 0 Å². The summed E-state index contributed by atoms with van der Waals surface area (Å²) in [5, 5.41) is 4.80. The third kappa shape index (κ3) is 2.33. The summed E-state index contributed by atoms with van der Waals surface area (Å²) < 4.78 is 0. The second-order valence-electron chi connectivity index (χ2n) is 4.04. The minimum atomic E-state index is -0.0333. The lowest BCUT2D eigenvalue weighted by molar-refractivity contribution is 0.0967. The largest absolute Gasteiger partial charge is 0.354 e. The van der Waals surface area contributed by atoms with Crippen molar-refractivity contribution in [2.75, 3.05) is 24.2 Å². The zero-order valence-corrected chi connectivity index (χ0v) is 12.1. The fourth-order valence-electron chi connectivity index (χ4n) is 2.00. The van der Waals surface area contributed by atoms with Crippen molar-refractivity contribution >= 4 is 39.7 Å². The van der Waals surface area contributed by atoms with Gasteiger partial charge in [0.15, 0.2) is 0 Å². The zero-order chi connectivity index (χ0) is 13.2. The number of thiophene rings is 1. The third-order valence-corrected chi connectivity index (χ3v) is 4.99. The van der Waals surface area contributed by atoms with E-state index in [2.05, 4.69) is 21.3 Å². The van der Waals surface area contributed by atoms with Crippen LogP contribution in [0.1, 0.15) is 9.67 Å². The fourth-order valence-corrected chi connectivity index (χ4v) is 3.92. The number of hydrogen-bond donors (Lipinski definition) is 1. The lowest BCUT2D eigenvalue weighted by Crippen LogP contribution is -2.23. The number of hydrogen-bond acceptors (Lipinski definition) is 5. The Labute approximate surface area is 119 Å². The molecule has 0 atom stereocenters. The highest BCUT2D eigenvalue weighted by Gasteiger charge is 2.21. The number of fused-ring (bicyclic) bond motifs is 1. The molecule has 0 unspecified atom stereocenters. The van der Waals surface area contributed by atoms with Gasteiger partial charge < -0.3 is 10.2 Å². The molecule has 0 aromatic carbocycles. The van der Waals surface area contributed by atoms with E-state index in [1.54, 1.807) is 18.8 Å². The number of pyridine rings is 1. The summed E-state index contributed by atoms with van der Waals surface area (Å²) in [5.74, 6) is 0.978. The van der Waals surface area contributed by atoms with Crippen molar-refractivity contribution in [1.82, 2.24) is 10.3 Å². The van der Waals surface area contributed by atoms with Gasteiger partial charge in [-0.3, -0.25) is 4.79 Å². The maximum Gasteiger partial charge on any atom is 0.261 e. The van der Waals surface area contributed by atoms with Gasteiger partial charge in [0.25, 0.3) is 5.91 Å². The standard InChI is InChI=1S/C13H13N3OS2/c1-14-12(17)10-4-5-11(19-10)16-7-8-18-13-9(16)3-2-6-15-13/h2-6H,7-8H2,1H3,(H,14,17). The molecule has 0 radical (unpaired) electrons. The van der Waals surface area contributed by atoms with Crippen LogP contribution in [0.4, 0.5) is 10.7 Å². The first-order chi connectivity index (χ1) is 9.29. The van der Waals surface area contributed by atoms with Crippen molar-refractivity contribution in [3.8, 4) is 0 Å². The molecule has 2 aromatic rings. The number of thioether (sulfide) groups is 1. The molecule has 6 heteroatoms. The molecule has 3 heterocycles. The molecule has 3 rings (SSSR count). The van der Waals surface area contributed by atoms with Crippen LogP contribution in [0.2, 0.25) is 0 Å². The molecule has 0 saturated heterocycles. The Bertz CT molecular complexity index is 611. The second-order valence-corrected chi connectivity index (χ2v) is 6.19. The van der Waals surface area contributed by atoms with Crippen LogP contribution < -0.4 is 10.2 Å². The molecule has 98 valence electrons. The number of aromatic nitrogens is 1. The Morgan fingerprint density at radius 2 is 2.32 bits per heavy atom. The van der Waals surface area contributed by atoms with Gasteiger partial charge in [-0.25, -0.2) is 4.98 Å². The molecule has 0 spiro atoms. The van der Waals surface area contributed by atoms with E-state index < -0.39 is 0 Å². The van der Waals surface area contributed by atoms with Crippen molar-refractivity contribution in [3.05, 3.63) is 35.3 Å². The van der Waals surface area contributed by atoms with Crippen molar-refractivity contribution in [2.45, 2.75) is 5.03 Å². The van der Waals surface area contributed by atoms with Gasteiger partial charge in [0, 0.05) is 25.5 Å². The van der Waals surface area contributed by atoms with Crippen molar-refractivity contribution in [2.24, 2.45) is 0 Å². The van der Waals surface area contributed by atoms with E-state index >= 15 is 0 Å². The Hall–Kier alpha value is -1.53. The maximum atomic E-state index is 11.6. The first kappa shape index (κ1) is 12.5. The molecular formula is C13H13N3OS2. The first-order valence-corrected chi connectivity index (χ1v) is 7.77. The maximum absolute atomic E-state index is 11.6. The Morgan fingerprint density at radius 3 is 3.16 bits per heavy atom. The molecule has 1 amide bonds. The fraction of sp³-hybridized carbons (Fsp3) is 0.231. The average molecular weight is 291 g/mol. The molecule has 1 N–H and O–H groups in total.